The minimum absolute atomic E-state index is 0.144. The molecule has 0 fully saturated rings. The fourth-order valence-electron chi connectivity index (χ4n) is 2.93. The van der Waals surface area contributed by atoms with Gasteiger partial charge in [0.15, 0.2) is 0 Å². The number of nitrogens with one attached hydrogen (secondary N) is 1. The maximum absolute atomic E-state index is 15.3. The zero-order valence-electron chi connectivity index (χ0n) is 14.0. The summed E-state index contributed by atoms with van der Waals surface area (Å²) in [5.41, 5.74) is 0.729. The topological polar surface area (TPSA) is 38.3 Å². The van der Waals surface area contributed by atoms with Gasteiger partial charge in [-0.25, -0.2) is 4.79 Å². The van der Waals surface area contributed by atoms with Crippen LogP contribution < -0.4 is 5.32 Å². The smallest absolute Gasteiger partial charge is 0.331 e. The summed E-state index contributed by atoms with van der Waals surface area (Å²) < 4.78 is 36.4. The molecule has 3 atom stereocenters. The molecule has 0 saturated heterocycles. The van der Waals surface area contributed by atoms with Crippen molar-refractivity contribution in [1.29, 1.82) is 0 Å². The molecule has 2 aromatic rings. The number of benzene rings is 2. The average molecular weight is 422 g/mol. The first-order valence-corrected chi connectivity index (χ1v) is 9.01. The molecule has 3 nitrogen and oxygen atoms in total. The quantitative estimate of drug-likeness (QED) is 0.684. The molecule has 1 aliphatic heterocycles. The van der Waals surface area contributed by atoms with Crippen LogP contribution in [0.1, 0.15) is 24.1 Å². The summed E-state index contributed by atoms with van der Waals surface area (Å²) in [5, 5.41) is 2.96. The average Bonchev–Trinajstić information content (AvgIpc) is 3.06. The van der Waals surface area contributed by atoms with E-state index in [0.29, 0.717) is 4.47 Å². The highest BCUT2D eigenvalue weighted by Gasteiger charge is 2.48. The van der Waals surface area contributed by atoms with Crippen molar-refractivity contribution < 1.29 is 18.3 Å². The zero-order chi connectivity index (χ0) is 18.7. The molecule has 6 heteroatoms. The van der Waals surface area contributed by atoms with E-state index in [0.717, 1.165) is 5.56 Å². The second-order valence-electron chi connectivity index (χ2n) is 6.17. The van der Waals surface area contributed by atoms with E-state index in [-0.39, 0.29) is 11.6 Å². The van der Waals surface area contributed by atoms with Crippen molar-refractivity contribution >= 4 is 21.9 Å². The van der Waals surface area contributed by atoms with Crippen molar-refractivity contribution in [2.45, 2.75) is 31.0 Å². The molecule has 0 aromatic heterocycles. The summed E-state index contributed by atoms with van der Waals surface area (Å²) in [5.74, 6) is -3.86. The first-order chi connectivity index (χ1) is 12.4. The number of hydrogen-bond donors (Lipinski definition) is 1. The number of alkyl halides is 2. The predicted octanol–water partition coefficient (Wildman–Crippen LogP) is 4.74. The van der Waals surface area contributed by atoms with Gasteiger partial charge in [-0.05, 0) is 30.7 Å². The van der Waals surface area contributed by atoms with Crippen LogP contribution in [0.15, 0.2) is 71.2 Å². The third-order valence-corrected chi connectivity index (χ3v) is 4.88. The number of halogens is 3. The maximum Gasteiger partial charge on any atom is 0.331 e. The van der Waals surface area contributed by atoms with Crippen molar-refractivity contribution in [2.24, 2.45) is 0 Å². The van der Waals surface area contributed by atoms with Gasteiger partial charge in [-0.3, -0.25) is 5.32 Å². The van der Waals surface area contributed by atoms with E-state index < -0.39 is 24.0 Å². The lowest BCUT2D eigenvalue weighted by atomic mass is 9.95. The van der Waals surface area contributed by atoms with E-state index in [2.05, 4.69) is 21.2 Å². The summed E-state index contributed by atoms with van der Waals surface area (Å²) >= 11 is 3.25. The fraction of sp³-hybridized carbons (Fsp3) is 0.250. The van der Waals surface area contributed by atoms with Gasteiger partial charge in [0.1, 0.15) is 12.1 Å². The molecule has 0 saturated carbocycles. The fourth-order valence-corrected chi connectivity index (χ4v) is 3.19. The van der Waals surface area contributed by atoms with E-state index >= 15 is 8.78 Å². The molecule has 0 aliphatic carbocycles. The van der Waals surface area contributed by atoms with E-state index in [1.54, 1.807) is 19.1 Å². The van der Waals surface area contributed by atoms with Crippen LogP contribution in [0.25, 0.3) is 0 Å². The SMILES string of the molecule is C[C@H](N[C@H]([C@H]1C=CC(=O)O1)C(F)(F)c1ccc(Br)cc1)c1ccccc1. The zero-order valence-corrected chi connectivity index (χ0v) is 15.6. The lowest BCUT2D eigenvalue weighted by Crippen LogP contribution is -2.51. The van der Waals surface area contributed by atoms with Gasteiger partial charge < -0.3 is 4.74 Å². The number of ether oxygens (including phenoxy) is 1. The van der Waals surface area contributed by atoms with Crippen LogP contribution in [0.4, 0.5) is 8.78 Å². The molecule has 0 spiro atoms. The highest BCUT2D eigenvalue weighted by atomic mass is 79.9. The Morgan fingerprint density at radius 3 is 2.35 bits per heavy atom. The number of rotatable bonds is 6. The normalized spacial score (nSPS) is 19.2. The maximum atomic E-state index is 15.3. The summed E-state index contributed by atoms with van der Waals surface area (Å²) in [7, 11) is 0. The molecule has 26 heavy (non-hydrogen) atoms. The largest absolute Gasteiger partial charge is 0.453 e. The molecule has 0 amide bonds. The third kappa shape index (κ3) is 4.02. The number of hydrogen-bond acceptors (Lipinski definition) is 3. The van der Waals surface area contributed by atoms with Gasteiger partial charge in [-0.1, -0.05) is 58.4 Å². The number of carbonyl (C=O) groups excluding carboxylic acids is 1. The Morgan fingerprint density at radius 1 is 1.12 bits per heavy atom. The van der Waals surface area contributed by atoms with Crippen LogP contribution in [-0.4, -0.2) is 18.1 Å². The van der Waals surface area contributed by atoms with E-state index in [1.807, 2.05) is 30.3 Å². The Balaban J connectivity index is 1.91. The first-order valence-electron chi connectivity index (χ1n) is 8.21. The molecule has 0 unspecified atom stereocenters. The summed E-state index contributed by atoms with van der Waals surface area (Å²) in [6.07, 6.45) is 1.52. The van der Waals surface area contributed by atoms with E-state index in [4.69, 9.17) is 4.74 Å². The van der Waals surface area contributed by atoms with Crippen LogP contribution in [0.3, 0.4) is 0 Å². The number of cyclic esters (lactones) is 1. The standard InChI is InChI=1S/C20H18BrF2NO2/c1-13(14-5-3-2-4-6-14)24-19(17-11-12-18(25)26-17)20(22,23)15-7-9-16(21)10-8-15/h2-13,17,19,24H,1H3/t13-,17+,19+/m0/s1. The highest BCUT2D eigenvalue weighted by molar-refractivity contribution is 9.10. The minimum atomic E-state index is -3.25. The van der Waals surface area contributed by atoms with Crippen LogP contribution in [0.2, 0.25) is 0 Å². The van der Waals surface area contributed by atoms with Crippen molar-refractivity contribution in [3.8, 4) is 0 Å². The van der Waals surface area contributed by atoms with Gasteiger partial charge in [0.05, 0.1) is 0 Å². The monoisotopic (exact) mass is 421 g/mol. The van der Waals surface area contributed by atoms with Gasteiger partial charge in [-0.2, -0.15) is 8.78 Å². The lowest BCUT2D eigenvalue weighted by molar-refractivity contribution is -0.146. The third-order valence-electron chi connectivity index (χ3n) is 4.35. The second kappa shape index (κ2) is 7.68. The van der Waals surface area contributed by atoms with Gasteiger partial charge in [0.25, 0.3) is 5.92 Å². The molecule has 136 valence electrons. The molecule has 1 aliphatic rings. The van der Waals surface area contributed by atoms with Crippen LogP contribution >= 0.6 is 15.9 Å². The first kappa shape index (κ1) is 18.7. The molecule has 2 aromatic carbocycles. The molecule has 1 N–H and O–H groups in total. The van der Waals surface area contributed by atoms with Crippen molar-refractivity contribution in [3.63, 3.8) is 0 Å². The van der Waals surface area contributed by atoms with Crippen LogP contribution in [0.5, 0.6) is 0 Å². The highest BCUT2D eigenvalue weighted by Crippen LogP contribution is 2.37. The number of esters is 1. The lowest BCUT2D eigenvalue weighted by Gasteiger charge is -2.33. The molecule has 3 rings (SSSR count). The van der Waals surface area contributed by atoms with E-state index in [1.165, 1.54) is 24.3 Å². The molecule has 0 bridgehead atoms. The van der Waals surface area contributed by atoms with Crippen molar-refractivity contribution in [1.82, 2.24) is 5.32 Å². The van der Waals surface area contributed by atoms with Gasteiger partial charge in [0.2, 0.25) is 0 Å². The van der Waals surface area contributed by atoms with Gasteiger partial charge >= 0.3 is 5.97 Å². The Hall–Kier alpha value is -2.05. The Morgan fingerprint density at radius 2 is 1.77 bits per heavy atom. The van der Waals surface area contributed by atoms with Crippen molar-refractivity contribution in [3.05, 3.63) is 82.3 Å². The Kier molecular flexibility index (Phi) is 5.53. The molecule has 1 heterocycles. The molecular weight excluding hydrogens is 404 g/mol. The van der Waals surface area contributed by atoms with Crippen LogP contribution in [-0.2, 0) is 15.5 Å². The molecule has 0 radical (unpaired) electrons. The Labute approximate surface area is 159 Å². The minimum Gasteiger partial charge on any atom is -0.453 e. The van der Waals surface area contributed by atoms with E-state index in [9.17, 15) is 4.79 Å². The van der Waals surface area contributed by atoms with Gasteiger partial charge in [-0.15, -0.1) is 0 Å². The summed E-state index contributed by atoms with van der Waals surface area (Å²) in [6.45, 7) is 1.81. The Bertz CT molecular complexity index is 793. The second-order valence-corrected chi connectivity index (χ2v) is 7.08. The summed E-state index contributed by atoms with van der Waals surface area (Å²) in [6, 6.07) is 13.4. The molecular formula is C20H18BrF2NO2. The summed E-state index contributed by atoms with van der Waals surface area (Å²) in [4.78, 5) is 11.4. The van der Waals surface area contributed by atoms with Gasteiger partial charge in [0, 0.05) is 22.2 Å². The van der Waals surface area contributed by atoms with Crippen molar-refractivity contribution in [2.75, 3.05) is 0 Å². The number of carbonyl (C=O) groups is 1. The predicted molar refractivity (Wildman–Crippen MR) is 98.8 cm³/mol. The van der Waals surface area contributed by atoms with Crippen LogP contribution in [0, 0.1) is 0 Å².